The van der Waals surface area contributed by atoms with E-state index in [0.29, 0.717) is 5.95 Å². The Morgan fingerprint density at radius 1 is 1.21 bits per heavy atom. The molecular formula is C13H16BrN5. The summed E-state index contributed by atoms with van der Waals surface area (Å²) in [5.41, 5.74) is 1.25. The van der Waals surface area contributed by atoms with E-state index in [4.69, 9.17) is 0 Å². The van der Waals surface area contributed by atoms with Crippen LogP contribution in [0.25, 0.3) is 0 Å². The van der Waals surface area contributed by atoms with Crippen LogP contribution in [0.3, 0.4) is 0 Å². The van der Waals surface area contributed by atoms with Gasteiger partial charge in [-0.1, -0.05) is 0 Å². The third kappa shape index (κ3) is 4.17. The Kier molecular flexibility index (Phi) is 5.09. The summed E-state index contributed by atoms with van der Waals surface area (Å²) >= 11 is 3.44. The lowest BCUT2D eigenvalue weighted by atomic mass is 10.2. The van der Waals surface area contributed by atoms with E-state index in [1.54, 1.807) is 18.6 Å². The SMILES string of the molecule is CCNc1ncc(Br)c(NCCc2ccncc2)n1. The van der Waals surface area contributed by atoms with Crippen molar-refractivity contribution >= 4 is 27.7 Å². The summed E-state index contributed by atoms with van der Waals surface area (Å²) in [6.07, 6.45) is 6.29. The molecule has 0 fully saturated rings. The molecule has 0 aliphatic heterocycles. The predicted molar refractivity (Wildman–Crippen MR) is 80.3 cm³/mol. The Morgan fingerprint density at radius 3 is 2.74 bits per heavy atom. The zero-order valence-electron chi connectivity index (χ0n) is 10.7. The van der Waals surface area contributed by atoms with Crippen LogP contribution in [0.15, 0.2) is 35.2 Å². The van der Waals surface area contributed by atoms with Crippen LogP contribution in [-0.4, -0.2) is 28.0 Å². The molecule has 6 heteroatoms. The second-order valence-corrected chi connectivity index (χ2v) is 4.81. The van der Waals surface area contributed by atoms with Crippen molar-refractivity contribution in [3.63, 3.8) is 0 Å². The van der Waals surface area contributed by atoms with Crippen molar-refractivity contribution in [3.05, 3.63) is 40.8 Å². The number of pyridine rings is 1. The van der Waals surface area contributed by atoms with Crippen LogP contribution in [-0.2, 0) is 6.42 Å². The average Bonchev–Trinajstić information content (AvgIpc) is 2.44. The Balaban J connectivity index is 1.93. The number of hydrogen-bond donors (Lipinski definition) is 2. The van der Waals surface area contributed by atoms with Gasteiger partial charge in [0, 0.05) is 31.7 Å². The molecule has 0 aliphatic rings. The summed E-state index contributed by atoms with van der Waals surface area (Å²) < 4.78 is 0.865. The first-order valence-electron chi connectivity index (χ1n) is 6.18. The Morgan fingerprint density at radius 2 is 2.00 bits per heavy atom. The van der Waals surface area contributed by atoms with Crippen molar-refractivity contribution in [2.75, 3.05) is 23.7 Å². The maximum Gasteiger partial charge on any atom is 0.224 e. The minimum absolute atomic E-state index is 0.636. The zero-order chi connectivity index (χ0) is 13.5. The Bertz CT molecular complexity index is 518. The van der Waals surface area contributed by atoms with Gasteiger partial charge in [0.2, 0.25) is 5.95 Å². The van der Waals surface area contributed by atoms with E-state index in [2.05, 4.69) is 41.5 Å². The highest BCUT2D eigenvalue weighted by Gasteiger charge is 2.04. The number of halogens is 1. The van der Waals surface area contributed by atoms with E-state index in [9.17, 15) is 0 Å². The number of nitrogens with one attached hydrogen (secondary N) is 2. The molecule has 0 unspecified atom stereocenters. The van der Waals surface area contributed by atoms with Gasteiger partial charge in [0.1, 0.15) is 5.82 Å². The second kappa shape index (κ2) is 7.04. The summed E-state index contributed by atoms with van der Waals surface area (Å²) in [5, 5.41) is 6.39. The van der Waals surface area contributed by atoms with E-state index in [1.807, 2.05) is 19.1 Å². The lowest BCUT2D eigenvalue weighted by molar-refractivity contribution is 0.986. The van der Waals surface area contributed by atoms with Gasteiger partial charge in [-0.15, -0.1) is 0 Å². The van der Waals surface area contributed by atoms with Gasteiger partial charge in [0.25, 0.3) is 0 Å². The Labute approximate surface area is 121 Å². The van der Waals surface area contributed by atoms with Gasteiger partial charge in [0.15, 0.2) is 0 Å². The molecule has 0 radical (unpaired) electrons. The summed E-state index contributed by atoms with van der Waals surface area (Å²) in [5.74, 6) is 1.44. The first-order chi connectivity index (χ1) is 9.29. The average molecular weight is 322 g/mol. The van der Waals surface area contributed by atoms with Crippen LogP contribution >= 0.6 is 15.9 Å². The number of aromatic nitrogens is 3. The first-order valence-corrected chi connectivity index (χ1v) is 6.98. The van der Waals surface area contributed by atoms with Crippen molar-refractivity contribution in [2.45, 2.75) is 13.3 Å². The number of anilines is 2. The highest BCUT2D eigenvalue weighted by molar-refractivity contribution is 9.10. The number of nitrogens with zero attached hydrogens (tertiary/aromatic N) is 3. The first kappa shape index (κ1) is 13.7. The van der Waals surface area contributed by atoms with Crippen molar-refractivity contribution in [1.82, 2.24) is 15.0 Å². The normalized spacial score (nSPS) is 10.2. The molecule has 0 bridgehead atoms. The van der Waals surface area contributed by atoms with Crippen molar-refractivity contribution in [2.24, 2.45) is 0 Å². The lowest BCUT2D eigenvalue weighted by Gasteiger charge is -2.09. The third-order valence-corrected chi connectivity index (χ3v) is 3.11. The van der Waals surface area contributed by atoms with Crippen LogP contribution in [0.2, 0.25) is 0 Å². The molecule has 0 atom stereocenters. The quantitative estimate of drug-likeness (QED) is 0.856. The third-order valence-electron chi connectivity index (χ3n) is 2.53. The van der Waals surface area contributed by atoms with Crippen LogP contribution in [0, 0.1) is 0 Å². The van der Waals surface area contributed by atoms with E-state index in [0.717, 1.165) is 29.8 Å². The van der Waals surface area contributed by atoms with Gasteiger partial charge in [-0.3, -0.25) is 4.98 Å². The maximum atomic E-state index is 4.40. The highest BCUT2D eigenvalue weighted by atomic mass is 79.9. The number of rotatable bonds is 6. The molecule has 0 amide bonds. The molecule has 2 N–H and O–H groups in total. The summed E-state index contributed by atoms with van der Waals surface area (Å²) in [4.78, 5) is 12.6. The van der Waals surface area contributed by atoms with Crippen LogP contribution in [0.4, 0.5) is 11.8 Å². The number of hydrogen-bond acceptors (Lipinski definition) is 5. The van der Waals surface area contributed by atoms with Crippen molar-refractivity contribution in [3.8, 4) is 0 Å². The molecule has 2 aromatic rings. The monoisotopic (exact) mass is 321 g/mol. The van der Waals surface area contributed by atoms with Gasteiger partial charge >= 0.3 is 0 Å². The molecule has 0 aromatic carbocycles. The lowest BCUT2D eigenvalue weighted by Crippen LogP contribution is -2.09. The molecule has 0 saturated heterocycles. The molecule has 2 aromatic heterocycles. The van der Waals surface area contributed by atoms with Crippen molar-refractivity contribution < 1.29 is 0 Å². The molecule has 19 heavy (non-hydrogen) atoms. The molecule has 2 heterocycles. The predicted octanol–water partition coefficient (Wildman–Crippen LogP) is 2.72. The molecule has 5 nitrogen and oxygen atoms in total. The Hall–Kier alpha value is -1.69. The maximum absolute atomic E-state index is 4.40. The summed E-state index contributed by atoms with van der Waals surface area (Å²) in [6.45, 7) is 3.63. The van der Waals surface area contributed by atoms with Gasteiger partial charge in [0.05, 0.1) is 4.47 Å². The summed E-state index contributed by atoms with van der Waals surface area (Å²) in [7, 11) is 0. The zero-order valence-corrected chi connectivity index (χ0v) is 12.3. The van der Waals surface area contributed by atoms with E-state index >= 15 is 0 Å². The fourth-order valence-electron chi connectivity index (χ4n) is 1.61. The fraction of sp³-hybridized carbons (Fsp3) is 0.308. The second-order valence-electron chi connectivity index (χ2n) is 3.95. The molecule has 100 valence electrons. The topological polar surface area (TPSA) is 62.7 Å². The highest BCUT2D eigenvalue weighted by Crippen LogP contribution is 2.19. The minimum atomic E-state index is 0.636. The van der Waals surface area contributed by atoms with E-state index in [-0.39, 0.29) is 0 Å². The molecule has 0 aliphatic carbocycles. The molecular weight excluding hydrogens is 306 g/mol. The standard InChI is InChI=1S/C13H16BrN5/c1-2-16-13-18-9-11(14)12(19-13)17-8-5-10-3-6-15-7-4-10/h3-4,6-7,9H,2,5,8H2,1H3,(H2,16,17,18,19). The minimum Gasteiger partial charge on any atom is -0.369 e. The molecule has 0 saturated carbocycles. The molecule has 0 spiro atoms. The van der Waals surface area contributed by atoms with Gasteiger partial charge < -0.3 is 10.6 Å². The largest absolute Gasteiger partial charge is 0.369 e. The van der Waals surface area contributed by atoms with Crippen LogP contribution in [0.1, 0.15) is 12.5 Å². The summed E-state index contributed by atoms with van der Waals surface area (Å²) in [6, 6.07) is 4.03. The smallest absolute Gasteiger partial charge is 0.224 e. The van der Waals surface area contributed by atoms with Crippen LogP contribution < -0.4 is 10.6 Å². The van der Waals surface area contributed by atoms with E-state index < -0.39 is 0 Å². The van der Waals surface area contributed by atoms with Gasteiger partial charge in [-0.05, 0) is 47.0 Å². The van der Waals surface area contributed by atoms with Gasteiger partial charge in [-0.25, -0.2) is 4.98 Å². The molecule has 2 rings (SSSR count). The van der Waals surface area contributed by atoms with E-state index in [1.165, 1.54) is 5.56 Å². The van der Waals surface area contributed by atoms with Gasteiger partial charge in [-0.2, -0.15) is 4.98 Å². The van der Waals surface area contributed by atoms with Crippen molar-refractivity contribution in [1.29, 1.82) is 0 Å². The fourth-order valence-corrected chi connectivity index (χ4v) is 1.94. The van der Waals surface area contributed by atoms with Crippen LogP contribution in [0.5, 0.6) is 0 Å².